The summed E-state index contributed by atoms with van der Waals surface area (Å²) in [5.74, 6) is -0.926. The minimum atomic E-state index is -0.926. The summed E-state index contributed by atoms with van der Waals surface area (Å²) in [6.45, 7) is 4.65. The third-order valence-corrected chi connectivity index (χ3v) is 5.21. The maximum absolute atomic E-state index is 10.5. The van der Waals surface area contributed by atoms with E-state index in [-0.39, 0.29) is 12.6 Å². The fraction of sp³-hybridized carbons (Fsp3) is 0.381. The maximum atomic E-state index is 10.5. The van der Waals surface area contributed by atoms with Gasteiger partial charge in [-0.05, 0) is 17.2 Å². The Kier molecular flexibility index (Phi) is 7.24. The Morgan fingerprint density at radius 3 is 2.37 bits per heavy atom. The number of halogens is 1. The minimum Gasteiger partial charge on any atom is -0.480 e. The molecular formula is C21H25ClN2O3. The van der Waals surface area contributed by atoms with Crippen LogP contribution in [0.15, 0.2) is 54.6 Å². The Morgan fingerprint density at radius 1 is 1.04 bits per heavy atom. The van der Waals surface area contributed by atoms with Crippen LogP contribution in [0.25, 0.3) is 0 Å². The molecule has 1 fully saturated rings. The lowest BCUT2D eigenvalue weighted by Crippen LogP contribution is -2.48. The highest BCUT2D eigenvalue weighted by atomic mass is 35.5. The second-order valence-electron chi connectivity index (χ2n) is 6.66. The normalized spacial score (nSPS) is 16.9. The molecule has 2 aromatic carbocycles. The van der Waals surface area contributed by atoms with Crippen LogP contribution < -0.4 is 0 Å². The highest BCUT2D eigenvalue weighted by molar-refractivity contribution is 6.31. The molecule has 0 aliphatic carbocycles. The van der Waals surface area contributed by atoms with Gasteiger partial charge in [0.05, 0.1) is 12.6 Å². The van der Waals surface area contributed by atoms with Gasteiger partial charge >= 0.3 is 5.97 Å². The highest BCUT2D eigenvalue weighted by Gasteiger charge is 2.27. The zero-order valence-electron chi connectivity index (χ0n) is 15.3. The third-order valence-electron chi connectivity index (χ3n) is 4.86. The highest BCUT2D eigenvalue weighted by Crippen LogP contribution is 2.33. The number of aliphatic carboxylic acids is 1. The number of carboxylic acids is 1. The van der Waals surface area contributed by atoms with Crippen LogP contribution in [-0.4, -0.2) is 66.8 Å². The van der Waals surface area contributed by atoms with Gasteiger partial charge in [-0.15, -0.1) is 0 Å². The molecule has 144 valence electrons. The van der Waals surface area contributed by atoms with Crippen molar-refractivity contribution >= 4 is 17.6 Å². The molecule has 0 saturated carbocycles. The standard InChI is InChI=1S/C21H25ClN2O3/c22-19-9-5-4-8-18(19)21(17-6-2-1-3-7-17)24-12-10-23(11-13-24)14-15-27-16-20(25)26/h1-9,21H,10-16H2,(H,25,26)/t21-/m1/s1. The fourth-order valence-corrected chi connectivity index (χ4v) is 3.76. The third kappa shape index (κ3) is 5.53. The van der Waals surface area contributed by atoms with E-state index in [0.717, 1.165) is 43.3 Å². The van der Waals surface area contributed by atoms with E-state index < -0.39 is 5.97 Å². The molecule has 0 radical (unpaired) electrons. The molecule has 1 aliphatic rings. The van der Waals surface area contributed by atoms with Crippen LogP contribution in [-0.2, 0) is 9.53 Å². The second kappa shape index (κ2) is 9.85. The van der Waals surface area contributed by atoms with Crippen molar-refractivity contribution in [2.45, 2.75) is 6.04 Å². The molecule has 1 heterocycles. The van der Waals surface area contributed by atoms with Crippen molar-refractivity contribution in [3.63, 3.8) is 0 Å². The molecule has 3 rings (SSSR count). The predicted molar refractivity (Wildman–Crippen MR) is 106 cm³/mol. The number of piperazine rings is 1. The molecule has 6 heteroatoms. The van der Waals surface area contributed by atoms with E-state index in [2.05, 4.69) is 40.1 Å². The Labute approximate surface area is 165 Å². The minimum absolute atomic E-state index is 0.130. The van der Waals surface area contributed by atoms with Gasteiger partial charge in [0.1, 0.15) is 6.61 Å². The number of hydrogen-bond donors (Lipinski definition) is 1. The predicted octanol–water partition coefficient (Wildman–Crippen LogP) is 3.15. The first kappa shape index (κ1) is 19.8. The van der Waals surface area contributed by atoms with Crippen molar-refractivity contribution in [1.29, 1.82) is 0 Å². The summed E-state index contributed by atoms with van der Waals surface area (Å²) in [4.78, 5) is 15.3. The van der Waals surface area contributed by atoms with Crippen LogP contribution in [0.4, 0.5) is 0 Å². The number of benzene rings is 2. The van der Waals surface area contributed by atoms with Crippen LogP contribution in [0.5, 0.6) is 0 Å². The van der Waals surface area contributed by atoms with E-state index in [1.165, 1.54) is 5.56 Å². The molecule has 27 heavy (non-hydrogen) atoms. The van der Waals surface area contributed by atoms with Crippen LogP contribution in [0.2, 0.25) is 5.02 Å². The van der Waals surface area contributed by atoms with E-state index >= 15 is 0 Å². The summed E-state index contributed by atoms with van der Waals surface area (Å²) < 4.78 is 5.15. The molecule has 0 spiro atoms. The van der Waals surface area contributed by atoms with E-state index in [4.69, 9.17) is 21.4 Å². The Morgan fingerprint density at radius 2 is 1.70 bits per heavy atom. The molecule has 0 bridgehead atoms. The molecule has 1 aliphatic heterocycles. The van der Waals surface area contributed by atoms with Gasteiger partial charge < -0.3 is 9.84 Å². The average Bonchev–Trinajstić information content (AvgIpc) is 2.69. The summed E-state index contributed by atoms with van der Waals surface area (Å²) in [5, 5.41) is 9.42. The summed E-state index contributed by atoms with van der Waals surface area (Å²) in [6.07, 6.45) is 0. The zero-order chi connectivity index (χ0) is 19.1. The number of carbonyl (C=O) groups is 1. The summed E-state index contributed by atoms with van der Waals surface area (Å²) in [5.41, 5.74) is 2.37. The molecular weight excluding hydrogens is 364 g/mol. The Bertz CT molecular complexity index is 733. The van der Waals surface area contributed by atoms with Crippen molar-refractivity contribution in [2.75, 3.05) is 45.9 Å². The van der Waals surface area contributed by atoms with Gasteiger partial charge in [0.15, 0.2) is 0 Å². The van der Waals surface area contributed by atoms with Crippen molar-refractivity contribution in [3.8, 4) is 0 Å². The number of carboxylic acid groups (broad SMARTS) is 1. The van der Waals surface area contributed by atoms with E-state index in [9.17, 15) is 4.79 Å². The van der Waals surface area contributed by atoms with E-state index in [1.807, 2.05) is 24.3 Å². The van der Waals surface area contributed by atoms with Gasteiger partial charge in [0, 0.05) is 37.7 Å². The van der Waals surface area contributed by atoms with Crippen LogP contribution in [0.3, 0.4) is 0 Å². The molecule has 0 amide bonds. The van der Waals surface area contributed by atoms with Crippen LogP contribution in [0, 0.1) is 0 Å². The largest absolute Gasteiger partial charge is 0.480 e. The lowest BCUT2D eigenvalue weighted by atomic mass is 9.96. The topological polar surface area (TPSA) is 53.0 Å². The monoisotopic (exact) mass is 388 g/mol. The number of ether oxygens (including phenoxy) is 1. The lowest BCUT2D eigenvalue weighted by Gasteiger charge is -2.40. The quantitative estimate of drug-likeness (QED) is 0.704. The zero-order valence-corrected chi connectivity index (χ0v) is 16.0. The maximum Gasteiger partial charge on any atom is 0.329 e. The van der Waals surface area contributed by atoms with Crippen molar-refractivity contribution in [3.05, 3.63) is 70.7 Å². The second-order valence-corrected chi connectivity index (χ2v) is 7.07. The number of nitrogens with zero attached hydrogens (tertiary/aromatic N) is 2. The molecule has 5 nitrogen and oxygen atoms in total. The van der Waals surface area contributed by atoms with E-state index in [0.29, 0.717) is 6.61 Å². The fourth-order valence-electron chi connectivity index (χ4n) is 3.52. The smallest absolute Gasteiger partial charge is 0.329 e. The average molecular weight is 389 g/mol. The summed E-state index contributed by atoms with van der Waals surface area (Å²) in [6, 6.07) is 18.6. The first-order chi connectivity index (χ1) is 13.1. The first-order valence-corrected chi connectivity index (χ1v) is 9.58. The molecule has 0 aromatic heterocycles. The van der Waals surface area contributed by atoms with Crippen molar-refractivity contribution in [1.82, 2.24) is 9.80 Å². The van der Waals surface area contributed by atoms with Crippen LogP contribution >= 0.6 is 11.6 Å². The molecule has 1 atom stereocenters. The van der Waals surface area contributed by atoms with Crippen molar-refractivity contribution < 1.29 is 14.6 Å². The lowest BCUT2D eigenvalue weighted by molar-refractivity contribution is -0.142. The number of hydrogen-bond acceptors (Lipinski definition) is 4. The van der Waals surface area contributed by atoms with E-state index in [1.54, 1.807) is 0 Å². The molecule has 2 aromatic rings. The summed E-state index contributed by atoms with van der Waals surface area (Å²) in [7, 11) is 0. The molecule has 0 unspecified atom stereocenters. The Balaban J connectivity index is 1.65. The Hall–Kier alpha value is -1.92. The van der Waals surface area contributed by atoms with Gasteiger partial charge in [-0.3, -0.25) is 9.80 Å². The van der Waals surface area contributed by atoms with Crippen LogP contribution in [0.1, 0.15) is 17.2 Å². The number of rotatable bonds is 8. The van der Waals surface area contributed by atoms with Gasteiger partial charge in [0.2, 0.25) is 0 Å². The summed E-state index contributed by atoms with van der Waals surface area (Å²) >= 11 is 6.53. The van der Waals surface area contributed by atoms with Gasteiger partial charge in [-0.25, -0.2) is 4.79 Å². The molecule has 1 N–H and O–H groups in total. The molecule has 1 saturated heterocycles. The SMILES string of the molecule is O=C(O)COCCN1CCN([C@H](c2ccccc2)c2ccccc2Cl)CC1. The van der Waals surface area contributed by atoms with Gasteiger partial charge in [-0.1, -0.05) is 60.1 Å². The van der Waals surface area contributed by atoms with Gasteiger partial charge in [-0.2, -0.15) is 0 Å². The van der Waals surface area contributed by atoms with Crippen molar-refractivity contribution in [2.24, 2.45) is 0 Å². The first-order valence-electron chi connectivity index (χ1n) is 9.20. The van der Waals surface area contributed by atoms with Gasteiger partial charge in [0.25, 0.3) is 0 Å².